The number of nitrogens with one attached hydrogen (secondary N) is 1. The number of carbonyl (C=O) groups is 1. The van der Waals surface area contributed by atoms with Gasteiger partial charge in [0.05, 0.1) is 11.2 Å². The lowest BCUT2D eigenvalue weighted by molar-refractivity contribution is -0.118. The monoisotopic (exact) mass is 375 g/mol. The summed E-state index contributed by atoms with van der Waals surface area (Å²) in [5.74, 6) is 3.71. The second-order valence-corrected chi connectivity index (χ2v) is 8.13. The number of para-hydroxylation sites is 1. The van der Waals surface area contributed by atoms with Crippen molar-refractivity contribution in [3.05, 3.63) is 54.1 Å². The van der Waals surface area contributed by atoms with E-state index in [1.807, 2.05) is 72.9 Å². The Labute approximate surface area is 156 Å². The van der Waals surface area contributed by atoms with E-state index < -0.39 is 0 Å². The minimum atomic E-state index is -0.175. The van der Waals surface area contributed by atoms with E-state index in [4.69, 9.17) is 9.47 Å². The molecule has 0 atom stereocenters. The number of hydrogen-bond acceptors (Lipinski definition) is 5. The van der Waals surface area contributed by atoms with Gasteiger partial charge in [0.25, 0.3) is 5.91 Å². The van der Waals surface area contributed by atoms with E-state index in [0.717, 1.165) is 34.3 Å². The lowest BCUT2D eigenvalue weighted by Crippen LogP contribution is -2.20. The number of anilines is 1. The van der Waals surface area contributed by atoms with Crippen LogP contribution in [0.2, 0.25) is 0 Å². The molecule has 1 N–H and O–H groups in total. The average molecular weight is 376 g/mol. The van der Waals surface area contributed by atoms with Crippen molar-refractivity contribution < 1.29 is 14.3 Å². The molecule has 0 spiro atoms. The van der Waals surface area contributed by atoms with Crippen LogP contribution in [0.1, 0.15) is 17.1 Å². The van der Waals surface area contributed by atoms with Gasteiger partial charge in [0, 0.05) is 22.8 Å². The van der Waals surface area contributed by atoms with Crippen LogP contribution in [0.25, 0.3) is 0 Å². The third-order valence-electron chi connectivity index (χ3n) is 3.60. The van der Waals surface area contributed by atoms with Crippen LogP contribution in [0.3, 0.4) is 0 Å². The predicted molar refractivity (Wildman–Crippen MR) is 106 cm³/mol. The highest BCUT2D eigenvalue weighted by Crippen LogP contribution is 2.48. The van der Waals surface area contributed by atoms with Gasteiger partial charge in [0.2, 0.25) is 0 Å². The summed E-state index contributed by atoms with van der Waals surface area (Å²) < 4.78 is 11.6. The fraction of sp³-hybridized carbons (Fsp3) is 0.316. The molecule has 0 bridgehead atoms. The van der Waals surface area contributed by atoms with Crippen molar-refractivity contribution in [1.29, 1.82) is 0 Å². The highest BCUT2D eigenvalue weighted by Gasteiger charge is 2.21. The molecule has 2 aromatic carbocycles. The summed E-state index contributed by atoms with van der Waals surface area (Å²) in [6.07, 6.45) is 0. The van der Waals surface area contributed by atoms with Crippen LogP contribution in [0, 0.1) is 0 Å². The van der Waals surface area contributed by atoms with E-state index in [1.54, 1.807) is 0 Å². The quantitative estimate of drug-likeness (QED) is 0.767. The van der Waals surface area contributed by atoms with Crippen molar-refractivity contribution in [3.8, 4) is 11.5 Å². The standard InChI is InChI=1S/C19H21NO3S2/c1-2-22-15-9-7-14(8-10-15)20-18(21)13-23-17-6-4-3-5-16(17)19-24-11-12-25-19/h3-10,19H,2,11-13H2,1H3,(H,20,21). The minimum Gasteiger partial charge on any atom is -0.494 e. The van der Waals surface area contributed by atoms with Gasteiger partial charge in [-0.05, 0) is 37.3 Å². The molecule has 1 saturated heterocycles. The Morgan fingerprint density at radius 3 is 2.52 bits per heavy atom. The number of carbonyl (C=O) groups excluding carboxylic acids is 1. The van der Waals surface area contributed by atoms with E-state index >= 15 is 0 Å². The zero-order chi connectivity index (χ0) is 17.5. The van der Waals surface area contributed by atoms with Gasteiger partial charge >= 0.3 is 0 Å². The number of ether oxygens (including phenoxy) is 2. The molecule has 0 saturated carbocycles. The van der Waals surface area contributed by atoms with E-state index in [9.17, 15) is 4.79 Å². The Bertz CT molecular complexity index is 700. The first-order valence-electron chi connectivity index (χ1n) is 8.24. The van der Waals surface area contributed by atoms with Crippen LogP contribution >= 0.6 is 23.5 Å². The van der Waals surface area contributed by atoms with Crippen molar-refractivity contribution in [2.24, 2.45) is 0 Å². The molecular formula is C19H21NO3S2. The Morgan fingerprint density at radius 1 is 1.08 bits per heavy atom. The molecular weight excluding hydrogens is 354 g/mol. The molecule has 25 heavy (non-hydrogen) atoms. The van der Waals surface area contributed by atoms with Gasteiger partial charge < -0.3 is 14.8 Å². The maximum Gasteiger partial charge on any atom is 0.262 e. The van der Waals surface area contributed by atoms with E-state index in [2.05, 4.69) is 11.4 Å². The Kier molecular flexibility index (Phi) is 6.53. The number of amides is 1. The van der Waals surface area contributed by atoms with Crippen molar-refractivity contribution >= 4 is 35.1 Å². The summed E-state index contributed by atoms with van der Waals surface area (Å²) in [4.78, 5) is 12.2. The van der Waals surface area contributed by atoms with E-state index in [0.29, 0.717) is 11.2 Å². The molecule has 0 aliphatic carbocycles. The fourth-order valence-electron chi connectivity index (χ4n) is 2.49. The summed E-state index contributed by atoms with van der Waals surface area (Å²) in [5, 5.41) is 2.84. The van der Waals surface area contributed by atoms with Crippen LogP contribution in [-0.2, 0) is 4.79 Å². The summed E-state index contributed by atoms with van der Waals surface area (Å²) in [6.45, 7) is 2.55. The third kappa shape index (κ3) is 5.09. The smallest absolute Gasteiger partial charge is 0.262 e. The lowest BCUT2D eigenvalue weighted by Gasteiger charge is -2.15. The number of benzene rings is 2. The largest absolute Gasteiger partial charge is 0.494 e. The van der Waals surface area contributed by atoms with Gasteiger partial charge in [-0.1, -0.05) is 18.2 Å². The summed E-state index contributed by atoms with van der Waals surface area (Å²) in [7, 11) is 0. The molecule has 1 aliphatic rings. The maximum atomic E-state index is 12.2. The van der Waals surface area contributed by atoms with Gasteiger partial charge in [-0.15, -0.1) is 23.5 Å². The molecule has 1 fully saturated rings. The summed E-state index contributed by atoms with van der Waals surface area (Å²) in [5.41, 5.74) is 1.89. The zero-order valence-corrected chi connectivity index (χ0v) is 15.7. The molecule has 1 heterocycles. The second-order valence-electron chi connectivity index (χ2n) is 5.41. The Morgan fingerprint density at radius 2 is 1.80 bits per heavy atom. The molecule has 0 unspecified atom stereocenters. The van der Waals surface area contributed by atoms with Crippen LogP contribution in [0.5, 0.6) is 11.5 Å². The lowest BCUT2D eigenvalue weighted by atomic mass is 10.2. The number of hydrogen-bond donors (Lipinski definition) is 1. The van der Waals surface area contributed by atoms with Crippen molar-refractivity contribution in [2.45, 2.75) is 11.5 Å². The highest BCUT2D eigenvalue weighted by atomic mass is 32.2. The molecule has 4 nitrogen and oxygen atoms in total. The van der Waals surface area contributed by atoms with Gasteiger partial charge in [-0.3, -0.25) is 4.79 Å². The number of thioether (sulfide) groups is 2. The number of rotatable bonds is 7. The van der Waals surface area contributed by atoms with E-state index in [-0.39, 0.29) is 12.5 Å². The molecule has 1 aliphatic heterocycles. The van der Waals surface area contributed by atoms with Crippen molar-refractivity contribution in [2.75, 3.05) is 30.0 Å². The molecule has 3 rings (SSSR count). The second kappa shape index (κ2) is 9.06. The first-order valence-corrected chi connectivity index (χ1v) is 10.3. The van der Waals surface area contributed by atoms with Crippen LogP contribution in [0.15, 0.2) is 48.5 Å². The first kappa shape index (κ1) is 18.0. The molecule has 6 heteroatoms. The Hall–Kier alpha value is -1.79. The minimum absolute atomic E-state index is 0.00766. The van der Waals surface area contributed by atoms with Crippen LogP contribution in [-0.4, -0.2) is 30.6 Å². The molecule has 0 radical (unpaired) electrons. The summed E-state index contributed by atoms with van der Waals surface area (Å²) in [6, 6.07) is 15.3. The maximum absolute atomic E-state index is 12.2. The molecule has 132 valence electrons. The normalized spacial score (nSPS) is 14.3. The van der Waals surface area contributed by atoms with Gasteiger partial charge in [0.1, 0.15) is 11.5 Å². The summed E-state index contributed by atoms with van der Waals surface area (Å²) >= 11 is 3.84. The SMILES string of the molecule is CCOc1ccc(NC(=O)COc2ccccc2C2SCCS2)cc1. The van der Waals surface area contributed by atoms with Gasteiger partial charge in [-0.25, -0.2) is 0 Å². The molecule has 1 amide bonds. The van der Waals surface area contributed by atoms with Gasteiger partial charge in [-0.2, -0.15) is 0 Å². The highest BCUT2D eigenvalue weighted by molar-refractivity contribution is 8.19. The molecule has 2 aromatic rings. The van der Waals surface area contributed by atoms with Crippen molar-refractivity contribution in [3.63, 3.8) is 0 Å². The Balaban J connectivity index is 1.55. The van der Waals surface area contributed by atoms with E-state index in [1.165, 1.54) is 0 Å². The van der Waals surface area contributed by atoms with Crippen molar-refractivity contribution in [1.82, 2.24) is 0 Å². The zero-order valence-electron chi connectivity index (χ0n) is 14.1. The molecule has 0 aromatic heterocycles. The van der Waals surface area contributed by atoms with Crippen LogP contribution < -0.4 is 14.8 Å². The first-order chi connectivity index (χ1) is 12.3. The average Bonchev–Trinajstić information content (AvgIpc) is 3.17. The fourth-order valence-corrected chi connectivity index (χ4v) is 5.39. The predicted octanol–water partition coefficient (Wildman–Crippen LogP) is 4.58. The van der Waals surface area contributed by atoms with Gasteiger partial charge in [0.15, 0.2) is 6.61 Å². The topological polar surface area (TPSA) is 47.6 Å². The van der Waals surface area contributed by atoms with Crippen LogP contribution in [0.4, 0.5) is 5.69 Å². The third-order valence-corrected chi connectivity index (χ3v) is 6.67.